The molecule has 1 aliphatic heterocycles. The molecule has 0 bridgehead atoms. The molecule has 1 saturated carbocycles. The van der Waals surface area contributed by atoms with E-state index in [1.165, 1.54) is 19.3 Å². The molecule has 1 aliphatic carbocycles. The van der Waals surface area contributed by atoms with Crippen molar-refractivity contribution in [3.05, 3.63) is 48.5 Å². The van der Waals surface area contributed by atoms with E-state index < -0.39 is 0 Å². The Morgan fingerprint density at radius 3 is 2.43 bits per heavy atom. The number of guanidine groups is 1. The SMILES string of the molecule is CC1CCCCC1N=C(Nc1cc(-c2ccccc2)ccc1O)N1CCN(C)CC1. The van der Waals surface area contributed by atoms with Crippen LogP contribution in [-0.4, -0.2) is 60.1 Å². The topological polar surface area (TPSA) is 51.1 Å². The minimum Gasteiger partial charge on any atom is -0.506 e. The van der Waals surface area contributed by atoms with Crippen LogP contribution in [0.3, 0.4) is 0 Å². The third-order valence-electron chi connectivity index (χ3n) is 6.51. The summed E-state index contributed by atoms with van der Waals surface area (Å²) in [6.07, 6.45) is 4.96. The molecular weight excluding hydrogens is 372 g/mol. The molecule has 2 N–H and O–H groups in total. The number of piperazine rings is 1. The van der Waals surface area contributed by atoms with Crippen LogP contribution in [-0.2, 0) is 0 Å². The van der Waals surface area contributed by atoms with E-state index in [4.69, 9.17) is 4.99 Å². The fourth-order valence-electron chi connectivity index (χ4n) is 4.42. The monoisotopic (exact) mass is 406 g/mol. The van der Waals surface area contributed by atoms with Crippen LogP contribution in [0.1, 0.15) is 32.6 Å². The smallest absolute Gasteiger partial charge is 0.198 e. The van der Waals surface area contributed by atoms with Crippen LogP contribution >= 0.6 is 0 Å². The minimum absolute atomic E-state index is 0.258. The van der Waals surface area contributed by atoms with Crippen LogP contribution < -0.4 is 5.32 Å². The standard InChI is InChI=1S/C25H34N4O/c1-19-8-6-7-11-22(19)26-25(29-16-14-28(2)15-17-29)27-23-18-21(12-13-24(23)30)20-9-4-3-5-10-20/h3-5,9-10,12-13,18-19,22,30H,6-8,11,14-17H2,1-2H3,(H,26,27). The van der Waals surface area contributed by atoms with E-state index in [9.17, 15) is 5.11 Å². The molecule has 2 fully saturated rings. The molecule has 5 nitrogen and oxygen atoms in total. The van der Waals surface area contributed by atoms with Gasteiger partial charge in [-0.3, -0.25) is 0 Å². The number of phenolic OH excluding ortho intramolecular Hbond substituents is 1. The molecule has 0 spiro atoms. The van der Waals surface area contributed by atoms with E-state index in [0.29, 0.717) is 12.0 Å². The number of anilines is 1. The van der Waals surface area contributed by atoms with Crippen LogP contribution in [0.15, 0.2) is 53.5 Å². The Labute approximate surface area is 180 Å². The highest BCUT2D eigenvalue weighted by molar-refractivity contribution is 5.96. The zero-order valence-corrected chi connectivity index (χ0v) is 18.2. The lowest BCUT2D eigenvalue weighted by Crippen LogP contribution is -2.49. The second kappa shape index (κ2) is 9.52. The maximum atomic E-state index is 10.6. The fourth-order valence-corrected chi connectivity index (χ4v) is 4.42. The highest BCUT2D eigenvalue weighted by Crippen LogP contribution is 2.31. The lowest BCUT2D eigenvalue weighted by Gasteiger charge is -2.36. The minimum atomic E-state index is 0.258. The Bertz CT molecular complexity index is 859. The molecule has 2 atom stereocenters. The highest BCUT2D eigenvalue weighted by atomic mass is 16.3. The lowest BCUT2D eigenvalue weighted by molar-refractivity contribution is 0.213. The van der Waals surface area contributed by atoms with Crippen molar-refractivity contribution in [3.63, 3.8) is 0 Å². The van der Waals surface area contributed by atoms with Gasteiger partial charge in [-0.1, -0.05) is 56.2 Å². The summed E-state index contributed by atoms with van der Waals surface area (Å²) >= 11 is 0. The van der Waals surface area contributed by atoms with Gasteiger partial charge in [0.25, 0.3) is 0 Å². The van der Waals surface area contributed by atoms with Gasteiger partial charge < -0.3 is 20.2 Å². The summed E-state index contributed by atoms with van der Waals surface area (Å²) in [6.45, 7) is 6.27. The van der Waals surface area contributed by atoms with Gasteiger partial charge in [0.1, 0.15) is 5.75 Å². The molecule has 0 amide bonds. The van der Waals surface area contributed by atoms with Crippen molar-refractivity contribution >= 4 is 11.6 Å². The number of rotatable bonds is 3. The summed E-state index contributed by atoms with van der Waals surface area (Å²) in [4.78, 5) is 9.90. The number of aliphatic imine (C=N–C) groups is 1. The summed E-state index contributed by atoms with van der Waals surface area (Å²) in [5, 5.41) is 14.1. The van der Waals surface area contributed by atoms with Crippen molar-refractivity contribution < 1.29 is 5.11 Å². The first-order valence-corrected chi connectivity index (χ1v) is 11.3. The predicted molar refractivity (Wildman–Crippen MR) is 125 cm³/mol. The Hall–Kier alpha value is -2.53. The molecule has 4 rings (SSSR count). The van der Waals surface area contributed by atoms with Gasteiger partial charge in [-0.15, -0.1) is 0 Å². The number of aromatic hydroxyl groups is 1. The second-order valence-electron chi connectivity index (χ2n) is 8.80. The molecule has 0 aromatic heterocycles. The first-order chi connectivity index (χ1) is 14.6. The average molecular weight is 407 g/mol. The summed E-state index contributed by atoms with van der Waals surface area (Å²) in [7, 11) is 2.17. The van der Waals surface area contributed by atoms with Crippen LogP contribution in [0.4, 0.5) is 5.69 Å². The first-order valence-electron chi connectivity index (χ1n) is 11.3. The van der Waals surface area contributed by atoms with Crippen molar-refractivity contribution in [2.75, 3.05) is 38.5 Å². The summed E-state index contributed by atoms with van der Waals surface area (Å²) < 4.78 is 0. The lowest BCUT2D eigenvalue weighted by atomic mass is 9.86. The van der Waals surface area contributed by atoms with E-state index in [2.05, 4.69) is 41.2 Å². The Kier molecular flexibility index (Phi) is 6.58. The van der Waals surface area contributed by atoms with E-state index in [-0.39, 0.29) is 5.75 Å². The van der Waals surface area contributed by atoms with Gasteiger partial charge in [0.2, 0.25) is 0 Å². The average Bonchev–Trinajstić information content (AvgIpc) is 2.77. The number of nitrogens with zero attached hydrogens (tertiary/aromatic N) is 3. The Morgan fingerprint density at radius 1 is 0.967 bits per heavy atom. The van der Waals surface area contributed by atoms with Gasteiger partial charge in [0, 0.05) is 26.2 Å². The Balaban J connectivity index is 1.62. The van der Waals surface area contributed by atoms with Gasteiger partial charge in [-0.2, -0.15) is 0 Å². The molecule has 1 heterocycles. The van der Waals surface area contributed by atoms with E-state index in [1.807, 2.05) is 30.3 Å². The van der Waals surface area contributed by atoms with Crippen molar-refractivity contribution in [1.82, 2.24) is 9.80 Å². The van der Waals surface area contributed by atoms with Gasteiger partial charge in [0.15, 0.2) is 5.96 Å². The van der Waals surface area contributed by atoms with Crippen molar-refractivity contribution in [2.24, 2.45) is 10.9 Å². The highest BCUT2D eigenvalue weighted by Gasteiger charge is 2.24. The van der Waals surface area contributed by atoms with Crippen LogP contribution in [0.2, 0.25) is 0 Å². The summed E-state index contributed by atoms with van der Waals surface area (Å²) in [5.41, 5.74) is 2.94. The molecule has 2 aromatic carbocycles. The van der Waals surface area contributed by atoms with E-state index in [0.717, 1.165) is 55.4 Å². The number of likely N-dealkylation sites (N-methyl/N-ethyl adjacent to an activating group) is 1. The molecule has 2 aromatic rings. The molecule has 30 heavy (non-hydrogen) atoms. The number of hydrogen-bond acceptors (Lipinski definition) is 3. The van der Waals surface area contributed by atoms with Crippen LogP contribution in [0, 0.1) is 5.92 Å². The van der Waals surface area contributed by atoms with Crippen molar-refractivity contribution in [1.29, 1.82) is 0 Å². The second-order valence-corrected chi connectivity index (χ2v) is 8.80. The molecule has 160 valence electrons. The normalized spacial score (nSPS) is 23.4. The zero-order valence-electron chi connectivity index (χ0n) is 18.2. The predicted octanol–water partition coefficient (Wildman–Crippen LogP) is 4.65. The first kappa shape index (κ1) is 20.7. The molecule has 2 aliphatic rings. The quantitative estimate of drug-likeness (QED) is 0.442. The maximum Gasteiger partial charge on any atom is 0.198 e. The van der Waals surface area contributed by atoms with E-state index in [1.54, 1.807) is 6.07 Å². The van der Waals surface area contributed by atoms with Gasteiger partial charge in [-0.25, -0.2) is 4.99 Å². The van der Waals surface area contributed by atoms with Crippen molar-refractivity contribution in [2.45, 2.75) is 38.6 Å². The van der Waals surface area contributed by atoms with Gasteiger partial charge in [0.05, 0.1) is 11.7 Å². The number of nitrogens with one attached hydrogen (secondary N) is 1. The van der Waals surface area contributed by atoms with Crippen LogP contribution in [0.5, 0.6) is 5.75 Å². The molecule has 2 unspecified atom stereocenters. The summed E-state index contributed by atoms with van der Waals surface area (Å²) in [5.74, 6) is 1.77. The zero-order chi connectivity index (χ0) is 20.9. The largest absolute Gasteiger partial charge is 0.506 e. The summed E-state index contributed by atoms with van der Waals surface area (Å²) in [6, 6.07) is 16.4. The molecule has 5 heteroatoms. The molecule has 1 saturated heterocycles. The Morgan fingerprint density at radius 2 is 1.70 bits per heavy atom. The van der Waals surface area contributed by atoms with E-state index >= 15 is 0 Å². The molecule has 0 radical (unpaired) electrons. The van der Waals surface area contributed by atoms with Crippen molar-refractivity contribution in [3.8, 4) is 16.9 Å². The number of phenols is 1. The number of hydrogen-bond donors (Lipinski definition) is 2. The van der Waals surface area contributed by atoms with Gasteiger partial charge in [-0.05, 0) is 49.1 Å². The maximum absolute atomic E-state index is 10.6. The van der Waals surface area contributed by atoms with Crippen LogP contribution in [0.25, 0.3) is 11.1 Å². The fraction of sp³-hybridized carbons (Fsp3) is 0.480. The third kappa shape index (κ3) is 4.96. The number of benzene rings is 2. The van der Waals surface area contributed by atoms with Gasteiger partial charge >= 0.3 is 0 Å². The molecular formula is C25H34N4O. The third-order valence-corrected chi connectivity index (χ3v) is 6.51.